The molecule has 0 radical (unpaired) electrons. The molecule has 0 spiro atoms. The van der Waals surface area contributed by atoms with Gasteiger partial charge in [-0.2, -0.15) is 0 Å². The van der Waals surface area contributed by atoms with Gasteiger partial charge >= 0.3 is 0 Å². The number of nitrogens with one attached hydrogen (secondary N) is 1. The molecule has 25 heavy (non-hydrogen) atoms. The van der Waals surface area contributed by atoms with Gasteiger partial charge in [0.05, 0.1) is 6.54 Å². The lowest BCUT2D eigenvalue weighted by atomic mass is 10.0. The predicted molar refractivity (Wildman–Crippen MR) is 108 cm³/mol. The highest BCUT2D eigenvalue weighted by molar-refractivity contribution is 14.0. The van der Waals surface area contributed by atoms with Crippen molar-refractivity contribution in [3.8, 4) is 5.88 Å². The number of alkyl halides is 2. The Balaban J connectivity index is 0.00000576. The van der Waals surface area contributed by atoms with E-state index in [1.807, 2.05) is 0 Å². The summed E-state index contributed by atoms with van der Waals surface area (Å²) in [5.41, 5.74) is 6.50. The Bertz CT molecular complexity index is 515. The van der Waals surface area contributed by atoms with Gasteiger partial charge in [-0.05, 0) is 25.3 Å². The summed E-state index contributed by atoms with van der Waals surface area (Å²) in [7, 11) is 0. The van der Waals surface area contributed by atoms with Crippen molar-refractivity contribution in [3.05, 3.63) is 23.9 Å². The molecule has 1 aromatic rings. The van der Waals surface area contributed by atoms with Crippen molar-refractivity contribution in [1.82, 2.24) is 10.3 Å². The smallest absolute Gasteiger partial charge is 0.272 e. The Kier molecular flexibility index (Phi) is 12.5. The van der Waals surface area contributed by atoms with Gasteiger partial charge in [0.1, 0.15) is 0 Å². The molecule has 1 unspecified atom stereocenters. The SMILES string of the molecule is CC(C)CCCC(C)NC(N)=NCc1cccnc1OCC(F)F.I. The van der Waals surface area contributed by atoms with Crippen LogP contribution in [0.25, 0.3) is 0 Å². The molecule has 0 saturated carbocycles. The van der Waals surface area contributed by atoms with Crippen LogP contribution in [0.15, 0.2) is 23.3 Å². The molecule has 3 N–H and O–H groups in total. The molecule has 0 bridgehead atoms. The Hall–Kier alpha value is -1.19. The summed E-state index contributed by atoms with van der Waals surface area (Å²) in [6, 6.07) is 3.67. The average molecular weight is 470 g/mol. The highest BCUT2D eigenvalue weighted by Gasteiger charge is 2.09. The number of aliphatic imine (C=N–C) groups is 1. The van der Waals surface area contributed by atoms with E-state index in [0.717, 1.165) is 12.8 Å². The number of pyridine rings is 1. The number of halogens is 3. The molecular weight excluding hydrogens is 441 g/mol. The molecule has 0 aliphatic rings. The summed E-state index contributed by atoms with van der Waals surface area (Å²) in [5, 5.41) is 3.14. The van der Waals surface area contributed by atoms with Crippen LogP contribution in [0.2, 0.25) is 0 Å². The number of hydrogen-bond acceptors (Lipinski definition) is 3. The summed E-state index contributed by atoms with van der Waals surface area (Å²) >= 11 is 0. The lowest BCUT2D eigenvalue weighted by Crippen LogP contribution is -2.38. The number of guanidine groups is 1. The van der Waals surface area contributed by atoms with Gasteiger partial charge in [-0.3, -0.25) is 0 Å². The normalized spacial score (nSPS) is 12.8. The summed E-state index contributed by atoms with van der Waals surface area (Å²) in [6.45, 7) is 6.01. The second-order valence-electron chi connectivity index (χ2n) is 6.24. The van der Waals surface area contributed by atoms with Crippen LogP contribution < -0.4 is 15.8 Å². The third-order valence-corrected chi connectivity index (χ3v) is 3.43. The molecule has 0 saturated heterocycles. The standard InChI is InChI=1S/C17H28F2N4O.HI/c1-12(2)6-4-7-13(3)23-17(20)22-10-14-8-5-9-21-16(14)24-11-15(18)19;/h5,8-9,12-13,15H,4,6-7,10-11H2,1-3H3,(H3,20,22,23);1H. The van der Waals surface area contributed by atoms with Crippen LogP contribution in [-0.2, 0) is 6.54 Å². The van der Waals surface area contributed by atoms with E-state index >= 15 is 0 Å². The number of ether oxygens (including phenoxy) is 1. The molecule has 8 heteroatoms. The van der Waals surface area contributed by atoms with Gasteiger partial charge in [0.2, 0.25) is 5.88 Å². The molecule has 1 heterocycles. The minimum atomic E-state index is -2.54. The summed E-state index contributed by atoms with van der Waals surface area (Å²) in [5.74, 6) is 1.19. The lowest BCUT2D eigenvalue weighted by molar-refractivity contribution is 0.0791. The first-order chi connectivity index (χ1) is 11.4. The van der Waals surface area contributed by atoms with Crippen LogP contribution in [-0.4, -0.2) is 30.0 Å². The van der Waals surface area contributed by atoms with Gasteiger partial charge in [-0.15, -0.1) is 24.0 Å². The molecule has 1 atom stereocenters. The zero-order chi connectivity index (χ0) is 17.9. The number of aromatic nitrogens is 1. The monoisotopic (exact) mass is 470 g/mol. The van der Waals surface area contributed by atoms with Crippen LogP contribution >= 0.6 is 24.0 Å². The number of hydrogen-bond donors (Lipinski definition) is 2. The van der Waals surface area contributed by atoms with Gasteiger partial charge in [0.25, 0.3) is 6.43 Å². The Labute approximate surface area is 165 Å². The minimum Gasteiger partial charge on any atom is -0.471 e. The molecule has 1 rings (SSSR count). The van der Waals surface area contributed by atoms with Gasteiger partial charge in [0.15, 0.2) is 12.6 Å². The van der Waals surface area contributed by atoms with Crippen molar-refractivity contribution in [2.75, 3.05) is 6.61 Å². The van der Waals surface area contributed by atoms with Crippen LogP contribution in [0.4, 0.5) is 8.78 Å². The van der Waals surface area contributed by atoms with Gasteiger partial charge in [0, 0.05) is 17.8 Å². The second kappa shape index (κ2) is 13.1. The van der Waals surface area contributed by atoms with E-state index in [1.165, 1.54) is 12.6 Å². The maximum absolute atomic E-state index is 12.3. The van der Waals surface area contributed by atoms with Crippen molar-refractivity contribution >= 4 is 29.9 Å². The Morgan fingerprint density at radius 1 is 1.32 bits per heavy atom. The van der Waals surface area contributed by atoms with Crippen LogP contribution in [0, 0.1) is 5.92 Å². The molecular formula is C17H29F2IN4O. The van der Waals surface area contributed by atoms with Crippen LogP contribution in [0.1, 0.15) is 45.6 Å². The molecule has 0 aliphatic carbocycles. The molecule has 1 aromatic heterocycles. The zero-order valence-electron chi connectivity index (χ0n) is 15.0. The van der Waals surface area contributed by atoms with Crippen molar-refractivity contribution in [2.45, 2.75) is 59.0 Å². The molecule has 5 nitrogen and oxygen atoms in total. The maximum atomic E-state index is 12.3. The highest BCUT2D eigenvalue weighted by atomic mass is 127. The summed E-state index contributed by atoms with van der Waals surface area (Å²) in [4.78, 5) is 8.20. The van der Waals surface area contributed by atoms with Crippen LogP contribution in [0.3, 0.4) is 0 Å². The molecule has 0 aromatic carbocycles. The molecule has 0 fully saturated rings. The first kappa shape index (κ1) is 23.8. The zero-order valence-corrected chi connectivity index (χ0v) is 17.4. The van der Waals surface area contributed by atoms with Crippen molar-refractivity contribution in [3.63, 3.8) is 0 Å². The Morgan fingerprint density at radius 2 is 2.04 bits per heavy atom. The van der Waals surface area contributed by atoms with Gasteiger partial charge in [-0.25, -0.2) is 18.8 Å². The fourth-order valence-corrected chi connectivity index (χ4v) is 2.19. The lowest BCUT2D eigenvalue weighted by Gasteiger charge is -2.15. The number of nitrogens with two attached hydrogens (primary N) is 1. The van der Waals surface area contributed by atoms with Gasteiger partial charge in [-0.1, -0.05) is 32.8 Å². The fourth-order valence-electron chi connectivity index (χ4n) is 2.19. The van der Waals surface area contributed by atoms with E-state index in [2.05, 4.69) is 36.1 Å². The third kappa shape index (κ3) is 11.1. The van der Waals surface area contributed by atoms with E-state index < -0.39 is 13.0 Å². The Morgan fingerprint density at radius 3 is 2.68 bits per heavy atom. The number of rotatable bonds is 10. The van der Waals surface area contributed by atoms with E-state index in [9.17, 15) is 8.78 Å². The van der Waals surface area contributed by atoms with Gasteiger partial charge < -0.3 is 15.8 Å². The number of nitrogens with zero attached hydrogens (tertiary/aromatic N) is 2. The van der Waals surface area contributed by atoms with E-state index in [1.54, 1.807) is 12.1 Å². The van der Waals surface area contributed by atoms with Crippen LogP contribution in [0.5, 0.6) is 5.88 Å². The quantitative estimate of drug-likeness (QED) is 0.309. The topological polar surface area (TPSA) is 72.5 Å². The first-order valence-corrected chi connectivity index (χ1v) is 8.29. The fraction of sp³-hybridized carbons (Fsp3) is 0.647. The van der Waals surface area contributed by atoms with Crippen molar-refractivity contribution < 1.29 is 13.5 Å². The predicted octanol–water partition coefficient (Wildman–Crippen LogP) is 3.96. The largest absolute Gasteiger partial charge is 0.471 e. The molecule has 0 aliphatic heterocycles. The second-order valence-corrected chi connectivity index (χ2v) is 6.24. The molecule has 0 amide bonds. The van der Waals surface area contributed by atoms with E-state index in [-0.39, 0.29) is 42.4 Å². The molecule has 144 valence electrons. The summed E-state index contributed by atoms with van der Waals surface area (Å²) < 4.78 is 29.5. The maximum Gasteiger partial charge on any atom is 0.272 e. The first-order valence-electron chi connectivity index (χ1n) is 8.29. The van der Waals surface area contributed by atoms with Crippen molar-refractivity contribution in [2.24, 2.45) is 16.6 Å². The van der Waals surface area contributed by atoms with E-state index in [4.69, 9.17) is 10.5 Å². The summed E-state index contributed by atoms with van der Waals surface area (Å²) in [6.07, 6.45) is 2.29. The highest BCUT2D eigenvalue weighted by Crippen LogP contribution is 2.16. The third-order valence-electron chi connectivity index (χ3n) is 3.43. The average Bonchev–Trinajstić information content (AvgIpc) is 2.51. The van der Waals surface area contributed by atoms with Crippen molar-refractivity contribution in [1.29, 1.82) is 0 Å². The van der Waals surface area contributed by atoms with E-state index in [0.29, 0.717) is 17.4 Å². The minimum absolute atomic E-state index is 0.